The summed E-state index contributed by atoms with van der Waals surface area (Å²) in [7, 11) is 0. The fourth-order valence-corrected chi connectivity index (χ4v) is 2.95. The van der Waals surface area contributed by atoms with Gasteiger partial charge in [0.05, 0.1) is 6.61 Å². The van der Waals surface area contributed by atoms with Crippen molar-refractivity contribution in [3.05, 3.63) is 28.8 Å². The molecule has 1 N–H and O–H groups in total. The Labute approximate surface area is 114 Å². The zero-order chi connectivity index (χ0) is 12.4. The molecular weight excluding hydrogens is 246 g/mol. The van der Waals surface area contributed by atoms with Crippen LogP contribution in [0.1, 0.15) is 43.7 Å². The maximum atomic E-state index is 6.18. The van der Waals surface area contributed by atoms with E-state index < -0.39 is 0 Å². The summed E-state index contributed by atoms with van der Waals surface area (Å²) in [6.07, 6.45) is 6.44. The second kappa shape index (κ2) is 5.50. The lowest BCUT2D eigenvalue weighted by Crippen LogP contribution is -2.19. The van der Waals surface area contributed by atoms with Gasteiger partial charge in [0.2, 0.25) is 0 Å². The molecule has 1 unspecified atom stereocenters. The molecule has 1 saturated heterocycles. The van der Waals surface area contributed by atoms with Crippen LogP contribution in [-0.4, -0.2) is 13.2 Å². The van der Waals surface area contributed by atoms with Crippen LogP contribution in [0, 0.1) is 5.92 Å². The van der Waals surface area contributed by atoms with Crippen LogP contribution >= 0.6 is 11.6 Å². The van der Waals surface area contributed by atoms with Gasteiger partial charge in [0.25, 0.3) is 0 Å². The van der Waals surface area contributed by atoms with E-state index in [0.29, 0.717) is 6.04 Å². The van der Waals surface area contributed by atoms with Gasteiger partial charge in [-0.3, -0.25) is 0 Å². The van der Waals surface area contributed by atoms with Crippen molar-refractivity contribution in [1.29, 1.82) is 0 Å². The standard InChI is InChI=1S/C15H20ClNO/c16-13-7-12(15-5-2-6-17-15)8-14(9-13)18-10-11-3-1-4-11/h7-9,11,15,17H,1-6,10H2. The molecule has 3 heteroatoms. The largest absolute Gasteiger partial charge is 0.493 e. The van der Waals surface area contributed by atoms with Crippen molar-refractivity contribution in [3.8, 4) is 5.75 Å². The van der Waals surface area contributed by atoms with Crippen molar-refractivity contribution in [2.24, 2.45) is 5.92 Å². The van der Waals surface area contributed by atoms with E-state index in [0.717, 1.165) is 29.8 Å². The number of ether oxygens (including phenoxy) is 1. The third-order valence-corrected chi connectivity index (χ3v) is 4.28. The first-order valence-electron chi connectivity index (χ1n) is 6.98. The van der Waals surface area contributed by atoms with E-state index in [4.69, 9.17) is 16.3 Å². The van der Waals surface area contributed by atoms with Gasteiger partial charge in [0, 0.05) is 11.1 Å². The molecule has 1 aliphatic heterocycles. The Hall–Kier alpha value is -0.730. The molecule has 2 fully saturated rings. The highest BCUT2D eigenvalue weighted by molar-refractivity contribution is 6.30. The van der Waals surface area contributed by atoms with E-state index in [-0.39, 0.29) is 0 Å². The van der Waals surface area contributed by atoms with Crippen LogP contribution in [0.4, 0.5) is 0 Å². The van der Waals surface area contributed by atoms with Crippen LogP contribution in [-0.2, 0) is 0 Å². The van der Waals surface area contributed by atoms with Gasteiger partial charge in [-0.1, -0.05) is 18.0 Å². The van der Waals surface area contributed by atoms with Gasteiger partial charge in [-0.15, -0.1) is 0 Å². The number of halogens is 1. The number of hydrogen-bond acceptors (Lipinski definition) is 2. The lowest BCUT2D eigenvalue weighted by atomic mass is 9.86. The fourth-order valence-electron chi connectivity index (χ4n) is 2.71. The number of nitrogens with one attached hydrogen (secondary N) is 1. The van der Waals surface area contributed by atoms with Crippen molar-refractivity contribution in [3.63, 3.8) is 0 Å². The van der Waals surface area contributed by atoms with E-state index in [2.05, 4.69) is 17.4 Å². The average molecular weight is 266 g/mol. The van der Waals surface area contributed by atoms with Crippen molar-refractivity contribution in [2.45, 2.75) is 38.1 Å². The maximum Gasteiger partial charge on any atom is 0.121 e. The highest BCUT2D eigenvalue weighted by Gasteiger charge is 2.19. The van der Waals surface area contributed by atoms with E-state index in [1.165, 1.54) is 37.7 Å². The van der Waals surface area contributed by atoms with Crippen LogP contribution in [0.25, 0.3) is 0 Å². The van der Waals surface area contributed by atoms with Crippen LogP contribution in [0.2, 0.25) is 5.02 Å². The fraction of sp³-hybridized carbons (Fsp3) is 0.600. The molecule has 1 saturated carbocycles. The van der Waals surface area contributed by atoms with E-state index in [1.54, 1.807) is 0 Å². The normalized spacial score (nSPS) is 23.9. The molecule has 0 radical (unpaired) electrons. The minimum Gasteiger partial charge on any atom is -0.493 e. The highest BCUT2D eigenvalue weighted by atomic mass is 35.5. The zero-order valence-corrected chi connectivity index (χ0v) is 11.4. The summed E-state index contributed by atoms with van der Waals surface area (Å²) >= 11 is 6.18. The Morgan fingerprint density at radius 2 is 2.06 bits per heavy atom. The summed E-state index contributed by atoms with van der Waals surface area (Å²) in [5.74, 6) is 1.69. The molecule has 1 aromatic carbocycles. The molecule has 18 heavy (non-hydrogen) atoms. The van der Waals surface area contributed by atoms with Gasteiger partial charge in [0.1, 0.15) is 5.75 Å². The molecule has 2 nitrogen and oxygen atoms in total. The van der Waals surface area contributed by atoms with E-state index in [1.807, 2.05) is 6.07 Å². The van der Waals surface area contributed by atoms with Gasteiger partial charge in [-0.05, 0) is 61.9 Å². The smallest absolute Gasteiger partial charge is 0.121 e. The molecular formula is C15H20ClNO. The van der Waals surface area contributed by atoms with Crippen LogP contribution in [0.15, 0.2) is 18.2 Å². The summed E-state index contributed by atoms with van der Waals surface area (Å²) in [5.41, 5.74) is 1.27. The first-order chi connectivity index (χ1) is 8.81. The average Bonchev–Trinajstić information content (AvgIpc) is 2.79. The van der Waals surface area contributed by atoms with Crippen molar-refractivity contribution < 1.29 is 4.74 Å². The second-order valence-electron chi connectivity index (χ2n) is 5.48. The summed E-state index contributed by atoms with van der Waals surface area (Å²) < 4.78 is 5.88. The third kappa shape index (κ3) is 2.81. The molecule has 98 valence electrons. The van der Waals surface area contributed by atoms with Crippen LogP contribution < -0.4 is 10.1 Å². The summed E-state index contributed by atoms with van der Waals surface area (Å²) in [6.45, 7) is 1.95. The third-order valence-electron chi connectivity index (χ3n) is 4.07. The Morgan fingerprint density at radius 3 is 2.72 bits per heavy atom. The summed E-state index contributed by atoms with van der Waals surface area (Å²) in [5, 5.41) is 4.28. The lowest BCUT2D eigenvalue weighted by molar-refractivity contribution is 0.180. The summed E-state index contributed by atoms with van der Waals surface area (Å²) in [6, 6.07) is 6.59. The zero-order valence-electron chi connectivity index (χ0n) is 10.6. The Kier molecular flexibility index (Phi) is 3.76. The van der Waals surface area contributed by atoms with Gasteiger partial charge < -0.3 is 10.1 Å². The van der Waals surface area contributed by atoms with Gasteiger partial charge in [0.15, 0.2) is 0 Å². The molecule has 1 aliphatic carbocycles. The minimum atomic E-state index is 0.453. The lowest BCUT2D eigenvalue weighted by Gasteiger charge is -2.25. The van der Waals surface area contributed by atoms with E-state index in [9.17, 15) is 0 Å². The molecule has 0 amide bonds. The predicted octanol–water partition coefficient (Wildman–Crippen LogP) is 3.94. The monoisotopic (exact) mass is 265 g/mol. The van der Waals surface area contributed by atoms with Crippen molar-refractivity contribution in [2.75, 3.05) is 13.2 Å². The number of rotatable bonds is 4. The van der Waals surface area contributed by atoms with Gasteiger partial charge in [-0.2, -0.15) is 0 Å². The Bertz CT molecular complexity index is 411. The molecule has 0 spiro atoms. The SMILES string of the molecule is Clc1cc(OCC2CCC2)cc(C2CCCN2)c1. The molecule has 0 bridgehead atoms. The quantitative estimate of drug-likeness (QED) is 0.890. The Balaban J connectivity index is 1.68. The van der Waals surface area contributed by atoms with Gasteiger partial charge >= 0.3 is 0 Å². The maximum absolute atomic E-state index is 6.18. The predicted molar refractivity (Wildman–Crippen MR) is 74.3 cm³/mol. The molecule has 3 rings (SSSR count). The Morgan fingerprint density at radius 1 is 1.17 bits per heavy atom. The van der Waals surface area contributed by atoms with Crippen molar-refractivity contribution in [1.82, 2.24) is 5.32 Å². The molecule has 0 aromatic heterocycles. The molecule has 2 aliphatic rings. The summed E-state index contributed by atoms with van der Waals surface area (Å²) in [4.78, 5) is 0. The first-order valence-corrected chi connectivity index (χ1v) is 7.36. The molecule has 1 aromatic rings. The second-order valence-corrected chi connectivity index (χ2v) is 5.91. The topological polar surface area (TPSA) is 21.3 Å². The van der Waals surface area contributed by atoms with Crippen LogP contribution in [0.5, 0.6) is 5.75 Å². The molecule has 1 heterocycles. The molecule has 1 atom stereocenters. The van der Waals surface area contributed by atoms with Gasteiger partial charge in [-0.25, -0.2) is 0 Å². The van der Waals surface area contributed by atoms with Crippen molar-refractivity contribution >= 4 is 11.6 Å². The highest BCUT2D eigenvalue weighted by Crippen LogP contribution is 2.31. The number of hydrogen-bond donors (Lipinski definition) is 1. The minimum absolute atomic E-state index is 0.453. The van der Waals surface area contributed by atoms with E-state index >= 15 is 0 Å². The van der Waals surface area contributed by atoms with Crippen LogP contribution in [0.3, 0.4) is 0 Å². The first kappa shape index (κ1) is 12.3. The number of benzene rings is 1.